The fourth-order valence-electron chi connectivity index (χ4n) is 2.49. The summed E-state index contributed by atoms with van der Waals surface area (Å²) in [7, 11) is 0. The molecule has 1 aliphatic rings. The van der Waals surface area contributed by atoms with Crippen LogP contribution < -0.4 is 0 Å². The molecule has 0 spiro atoms. The van der Waals surface area contributed by atoms with Crippen molar-refractivity contribution in [1.82, 2.24) is 14.7 Å². The van der Waals surface area contributed by atoms with Crippen LogP contribution >= 0.6 is 0 Å². The molecule has 0 unspecified atom stereocenters. The lowest BCUT2D eigenvalue weighted by Gasteiger charge is -2.27. The molecule has 1 aromatic heterocycles. The first-order valence-corrected chi connectivity index (χ1v) is 7.16. The van der Waals surface area contributed by atoms with Gasteiger partial charge in [0.15, 0.2) is 5.69 Å². The van der Waals surface area contributed by atoms with Crippen molar-refractivity contribution in [2.45, 2.75) is 6.18 Å². The van der Waals surface area contributed by atoms with Gasteiger partial charge >= 0.3 is 6.18 Å². The Morgan fingerprint density at radius 2 is 1.75 bits per heavy atom. The Balaban J connectivity index is 2.04. The van der Waals surface area contributed by atoms with Gasteiger partial charge in [0.05, 0.1) is 30.7 Å². The van der Waals surface area contributed by atoms with E-state index in [9.17, 15) is 22.4 Å². The first kappa shape index (κ1) is 16.4. The first-order valence-electron chi connectivity index (χ1n) is 7.16. The Labute approximate surface area is 134 Å². The van der Waals surface area contributed by atoms with E-state index in [0.717, 1.165) is 18.3 Å². The van der Waals surface area contributed by atoms with Crippen molar-refractivity contribution in [2.24, 2.45) is 0 Å². The molecule has 1 aliphatic heterocycles. The zero-order valence-electron chi connectivity index (χ0n) is 12.4. The minimum absolute atomic E-state index is 0.0183. The van der Waals surface area contributed by atoms with Crippen LogP contribution in [0.4, 0.5) is 17.6 Å². The van der Waals surface area contributed by atoms with Gasteiger partial charge in [0.1, 0.15) is 5.82 Å². The number of rotatable bonds is 2. The average Bonchev–Trinajstić information content (AvgIpc) is 3.01. The van der Waals surface area contributed by atoms with E-state index in [1.165, 1.54) is 17.0 Å². The normalized spacial score (nSPS) is 15.6. The Morgan fingerprint density at radius 3 is 2.33 bits per heavy atom. The molecule has 2 heterocycles. The van der Waals surface area contributed by atoms with E-state index < -0.39 is 29.2 Å². The third kappa shape index (κ3) is 3.12. The first-order chi connectivity index (χ1) is 11.4. The summed E-state index contributed by atoms with van der Waals surface area (Å²) < 4.78 is 59.2. The highest BCUT2D eigenvalue weighted by Gasteiger charge is 2.41. The van der Waals surface area contributed by atoms with Gasteiger partial charge in [-0.2, -0.15) is 18.3 Å². The summed E-state index contributed by atoms with van der Waals surface area (Å²) in [5.74, 6) is -1.33. The highest BCUT2D eigenvalue weighted by molar-refractivity contribution is 5.95. The van der Waals surface area contributed by atoms with Crippen LogP contribution in [0.5, 0.6) is 0 Å². The zero-order valence-corrected chi connectivity index (χ0v) is 12.4. The number of carbonyl (C=O) groups excluding carboxylic acids is 1. The third-order valence-electron chi connectivity index (χ3n) is 3.64. The van der Waals surface area contributed by atoms with Crippen LogP contribution in [0.1, 0.15) is 16.1 Å². The van der Waals surface area contributed by atoms with E-state index in [4.69, 9.17) is 4.74 Å². The molecule has 24 heavy (non-hydrogen) atoms. The van der Waals surface area contributed by atoms with Crippen LogP contribution in [0, 0.1) is 5.82 Å². The molecule has 3 rings (SSSR count). The van der Waals surface area contributed by atoms with Gasteiger partial charge in [-0.15, -0.1) is 0 Å². The van der Waals surface area contributed by atoms with Crippen molar-refractivity contribution in [1.29, 1.82) is 0 Å². The summed E-state index contributed by atoms with van der Waals surface area (Å²) in [6.45, 7) is 0.994. The Hall–Kier alpha value is -2.42. The van der Waals surface area contributed by atoms with Crippen LogP contribution in [0.3, 0.4) is 0 Å². The zero-order chi connectivity index (χ0) is 17.3. The highest BCUT2D eigenvalue weighted by Crippen LogP contribution is 2.34. The monoisotopic (exact) mass is 343 g/mol. The molecule has 1 amide bonds. The molecule has 0 bridgehead atoms. The second kappa shape index (κ2) is 6.23. The number of alkyl halides is 3. The number of morpholine rings is 1. The van der Waals surface area contributed by atoms with Crippen molar-refractivity contribution in [3.8, 4) is 5.69 Å². The minimum Gasteiger partial charge on any atom is -0.378 e. The Bertz CT molecular complexity index is 734. The van der Waals surface area contributed by atoms with Crippen LogP contribution in [0.15, 0.2) is 30.5 Å². The van der Waals surface area contributed by atoms with Gasteiger partial charge in [-0.05, 0) is 24.3 Å². The van der Waals surface area contributed by atoms with Gasteiger partial charge < -0.3 is 9.64 Å². The summed E-state index contributed by atoms with van der Waals surface area (Å²) in [5.41, 5.74) is -1.69. The molecule has 5 nitrogen and oxygen atoms in total. The fraction of sp³-hybridized carbons (Fsp3) is 0.333. The molecule has 0 N–H and O–H groups in total. The Kier molecular flexibility index (Phi) is 4.27. The maximum atomic E-state index is 13.5. The average molecular weight is 343 g/mol. The fourth-order valence-corrected chi connectivity index (χ4v) is 2.49. The van der Waals surface area contributed by atoms with Gasteiger partial charge in [0.2, 0.25) is 0 Å². The summed E-state index contributed by atoms with van der Waals surface area (Å²) in [5, 5.41) is 3.69. The maximum Gasteiger partial charge on any atom is 0.434 e. The van der Waals surface area contributed by atoms with Crippen molar-refractivity contribution in [3.63, 3.8) is 0 Å². The van der Waals surface area contributed by atoms with Crippen LogP contribution in [-0.2, 0) is 10.9 Å². The van der Waals surface area contributed by atoms with E-state index in [0.29, 0.717) is 4.68 Å². The molecule has 0 atom stereocenters. The molecule has 1 saturated heterocycles. The van der Waals surface area contributed by atoms with Crippen molar-refractivity contribution in [2.75, 3.05) is 26.3 Å². The predicted octanol–water partition coefficient (Wildman–Crippen LogP) is 2.50. The second-order valence-electron chi connectivity index (χ2n) is 5.20. The SMILES string of the molecule is O=C(c1cnn(-c2ccc(F)cc2)c1C(F)(F)F)N1CCOCC1. The number of halogens is 4. The molecule has 0 aliphatic carbocycles. The summed E-state index contributed by atoms with van der Waals surface area (Å²) >= 11 is 0. The number of carbonyl (C=O) groups is 1. The lowest BCUT2D eigenvalue weighted by atomic mass is 10.2. The quantitative estimate of drug-likeness (QED) is 0.787. The number of benzene rings is 1. The molecule has 2 aromatic rings. The highest BCUT2D eigenvalue weighted by atomic mass is 19.4. The molecular weight excluding hydrogens is 330 g/mol. The van der Waals surface area contributed by atoms with Gasteiger partial charge in [-0.25, -0.2) is 9.07 Å². The largest absolute Gasteiger partial charge is 0.434 e. The van der Waals surface area contributed by atoms with E-state index in [1.54, 1.807) is 0 Å². The van der Waals surface area contributed by atoms with Gasteiger partial charge in [0, 0.05) is 13.1 Å². The van der Waals surface area contributed by atoms with Crippen LogP contribution in [0.25, 0.3) is 5.69 Å². The van der Waals surface area contributed by atoms with Crippen molar-refractivity contribution in [3.05, 3.63) is 47.5 Å². The van der Waals surface area contributed by atoms with E-state index in [1.807, 2.05) is 0 Å². The summed E-state index contributed by atoms with van der Waals surface area (Å²) in [6, 6.07) is 4.39. The molecule has 0 radical (unpaired) electrons. The van der Waals surface area contributed by atoms with E-state index in [-0.39, 0.29) is 32.0 Å². The summed E-state index contributed by atoms with van der Waals surface area (Å²) in [6.07, 6.45) is -3.90. The van der Waals surface area contributed by atoms with E-state index >= 15 is 0 Å². The topological polar surface area (TPSA) is 47.4 Å². The number of amides is 1. The van der Waals surface area contributed by atoms with Crippen molar-refractivity contribution < 1.29 is 27.1 Å². The Morgan fingerprint density at radius 1 is 1.12 bits per heavy atom. The second-order valence-corrected chi connectivity index (χ2v) is 5.20. The van der Waals surface area contributed by atoms with Gasteiger partial charge in [-0.3, -0.25) is 4.79 Å². The smallest absolute Gasteiger partial charge is 0.378 e. The lowest BCUT2D eigenvalue weighted by molar-refractivity contribution is -0.143. The third-order valence-corrected chi connectivity index (χ3v) is 3.64. The molecule has 1 aromatic carbocycles. The van der Waals surface area contributed by atoms with Crippen molar-refractivity contribution >= 4 is 5.91 Å². The minimum atomic E-state index is -4.79. The number of hydrogen-bond donors (Lipinski definition) is 0. The maximum absolute atomic E-state index is 13.5. The molecular formula is C15H13F4N3O2. The lowest BCUT2D eigenvalue weighted by Crippen LogP contribution is -2.41. The van der Waals surface area contributed by atoms with E-state index in [2.05, 4.69) is 5.10 Å². The van der Waals surface area contributed by atoms with Gasteiger partial charge in [-0.1, -0.05) is 0 Å². The molecule has 9 heteroatoms. The molecule has 0 saturated carbocycles. The molecule has 128 valence electrons. The number of nitrogens with zero attached hydrogens (tertiary/aromatic N) is 3. The van der Waals surface area contributed by atoms with Crippen LogP contribution in [0.2, 0.25) is 0 Å². The standard InChI is InChI=1S/C15H13F4N3O2/c16-10-1-3-11(4-2-10)22-13(15(17,18)19)12(9-20-22)14(23)21-5-7-24-8-6-21/h1-4,9H,5-8H2. The molecule has 1 fully saturated rings. The van der Waals surface area contributed by atoms with Crippen LogP contribution in [-0.4, -0.2) is 46.9 Å². The van der Waals surface area contributed by atoms with Gasteiger partial charge in [0.25, 0.3) is 5.91 Å². The number of ether oxygens (including phenoxy) is 1. The number of aromatic nitrogens is 2. The summed E-state index contributed by atoms with van der Waals surface area (Å²) in [4.78, 5) is 13.7. The predicted molar refractivity (Wildman–Crippen MR) is 75.2 cm³/mol. The number of hydrogen-bond acceptors (Lipinski definition) is 3.